The second kappa shape index (κ2) is 7.34. The fourth-order valence-corrected chi connectivity index (χ4v) is 3.67. The lowest BCUT2D eigenvalue weighted by atomic mass is 9.96. The molecule has 1 aliphatic heterocycles. The molecule has 2 aromatic heterocycles. The maximum Gasteiger partial charge on any atom is 0.256 e. The van der Waals surface area contributed by atoms with Gasteiger partial charge in [-0.05, 0) is 46.8 Å². The van der Waals surface area contributed by atoms with Crippen molar-refractivity contribution in [2.75, 3.05) is 31.6 Å². The minimum absolute atomic E-state index is 0.0398. The summed E-state index contributed by atoms with van der Waals surface area (Å²) in [7, 11) is 3.69. The molecule has 1 saturated heterocycles. The van der Waals surface area contributed by atoms with Crippen molar-refractivity contribution < 1.29 is 4.79 Å². The van der Waals surface area contributed by atoms with Crippen molar-refractivity contribution in [2.45, 2.75) is 12.8 Å². The molecule has 0 bridgehead atoms. The summed E-state index contributed by atoms with van der Waals surface area (Å²) in [5.74, 6) is 1.57. The molecule has 24 heavy (non-hydrogen) atoms. The Morgan fingerprint density at radius 1 is 1.42 bits per heavy atom. The highest BCUT2D eigenvalue weighted by molar-refractivity contribution is 9.10. The fraction of sp³-hybridized carbons (Fsp3) is 0.471. The Labute approximate surface area is 150 Å². The highest BCUT2D eigenvalue weighted by Gasteiger charge is 2.24. The van der Waals surface area contributed by atoms with Gasteiger partial charge in [0.1, 0.15) is 5.82 Å². The van der Waals surface area contributed by atoms with Crippen LogP contribution in [0.4, 0.5) is 5.82 Å². The number of carbonyl (C=O) groups excluding carboxylic acids is 1. The Balaban J connectivity index is 1.53. The van der Waals surface area contributed by atoms with Crippen molar-refractivity contribution in [2.24, 2.45) is 13.0 Å². The van der Waals surface area contributed by atoms with Crippen molar-refractivity contribution in [3.05, 3.63) is 40.8 Å². The van der Waals surface area contributed by atoms with E-state index in [9.17, 15) is 4.79 Å². The van der Waals surface area contributed by atoms with Gasteiger partial charge in [0.15, 0.2) is 0 Å². The maximum absolute atomic E-state index is 12.4. The van der Waals surface area contributed by atoms with Gasteiger partial charge in [0, 0.05) is 46.1 Å². The van der Waals surface area contributed by atoms with Gasteiger partial charge in [0.05, 0.1) is 16.2 Å². The van der Waals surface area contributed by atoms with E-state index in [0.717, 1.165) is 42.8 Å². The van der Waals surface area contributed by atoms with Gasteiger partial charge in [-0.1, -0.05) is 0 Å². The van der Waals surface area contributed by atoms with Crippen LogP contribution in [0.1, 0.15) is 23.2 Å². The maximum atomic E-state index is 12.4. The lowest BCUT2D eigenvalue weighted by Gasteiger charge is -2.34. The van der Waals surface area contributed by atoms with Crippen LogP contribution >= 0.6 is 15.9 Å². The van der Waals surface area contributed by atoms with Gasteiger partial charge in [-0.2, -0.15) is 5.10 Å². The second-order valence-electron chi connectivity index (χ2n) is 6.33. The molecule has 3 heterocycles. The van der Waals surface area contributed by atoms with Gasteiger partial charge in [0.2, 0.25) is 0 Å². The number of hydrogen-bond acceptors (Lipinski definition) is 4. The quantitative estimate of drug-likeness (QED) is 0.803. The van der Waals surface area contributed by atoms with Crippen LogP contribution in [0.3, 0.4) is 0 Å². The van der Waals surface area contributed by atoms with Gasteiger partial charge in [-0.25, -0.2) is 4.98 Å². The third-order valence-electron chi connectivity index (χ3n) is 4.48. The highest BCUT2D eigenvalue weighted by atomic mass is 79.9. The van der Waals surface area contributed by atoms with Crippen molar-refractivity contribution in [1.82, 2.24) is 19.7 Å². The molecule has 0 saturated carbocycles. The zero-order valence-electron chi connectivity index (χ0n) is 14.0. The first-order chi connectivity index (χ1) is 11.5. The Morgan fingerprint density at radius 2 is 2.17 bits per heavy atom. The van der Waals surface area contributed by atoms with E-state index in [4.69, 9.17) is 0 Å². The van der Waals surface area contributed by atoms with Crippen LogP contribution in [-0.2, 0) is 7.05 Å². The van der Waals surface area contributed by atoms with E-state index < -0.39 is 0 Å². The molecular weight excluding hydrogens is 370 g/mol. The molecule has 0 aromatic carbocycles. The van der Waals surface area contributed by atoms with E-state index in [2.05, 4.69) is 30.9 Å². The third-order valence-corrected chi connectivity index (χ3v) is 5.10. The predicted octanol–water partition coefficient (Wildman–Crippen LogP) is 2.57. The molecule has 0 radical (unpaired) electrons. The first kappa shape index (κ1) is 17.0. The van der Waals surface area contributed by atoms with Crippen LogP contribution in [-0.4, -0.2) is 52.3 Å². The number of anilines is 1. The molecule has 1 aliphatic rings. The molecule has 0 N–H and O–H groups in total. The van der Waals surface area contributed by atoms with Gasteiger partial charge in [-0.15, -0.1) is 0 Å². The van der Waals surface area contributed by atoms with E-state index >= 15 is 0 Å². The molecule has 2 aromatic rings. The number of nitrogens with zero attached hydrogens (tertiary/aromatic N) is 5. The van der Waals surface area contributed by atoms with Gasteiger partial charge >= 0.3 is 0 Å². The summed E-state index contributed by atoms with van der Waals surface area (Å²) in [6.45, 7) is 2.72. The van der Waals surface area contributed by atoms with Gasteiger partial charge in [-0.3, -0.25) is 9.48 Å². The number of pyridine rings is 1. The number of carbonyl (C=O) groups is 1. The molecule has 3 rings (SSSR count). The molecule has 0 unspecified atom stereocenters. The summed E-state index contributed by atoms with van der Waals surface area (Å²) in [5, 5.41) is 4.07. The van der Waals surface area contributed by atoms with E-state index in [1.807, 2.05) is 37.3 Å². The average Bonchev–Trinajstić information content (AvgIpc) is 3.02. The number of amides is 1. The number of rotatable bonds is 4. The van der Waals surface area contributed by atoms with Crippen molar-refractivity contribution >= 4 is 27.7 Å². The first-order valence-corrected chi connectivity index (χ1v) is 8.93. The van der Waals surface area contributed by atoms with Crippen LogP contribution in [0.25, 0.3) is 0 Å². The average molecular weight is 392 g/mol. The van der Waals surface area contributed by atoms with Gasteiger partial charge in [0.25, 0.3) is 5.91 Å². The van der Waals surface area contributed by atoms with E-state index in [0.29, 0.717) is 11.5 Å². The number of aromatic nitrogens is 3. The minimum atomic E-state index is 0.0398. The van der Waals surface area contributed by atoms with Crippen LogP contribution in [0.5, 0.6) is 0 Å². The summed E-state index contributed by atoms with van der Waals surface area (Å²) < 4.78 is 2.69. The molecule has 7 heteroatoms. The number of hydrogen-bond donors (Lipinski definition) is 0. The van der Waals surface area contributed by atoms with Crippen molar-refractivity contribution in [1.29, 1.82) is 0 Å². The molecular formula is C17H22BrN5O. The van der Waals surface area contributed by atoms with Crippen LogP contribution in [0.2, 0.25) is 0 Å². The zero-order chi connectivity index (χ0) is 17.1. The molecule has 1 amide bonds. The molecule has 0 atom stereocenters. The summed E-state index contributed by atoms with van der Waals surface area (Å²) >= 11 is 3.57. The smallest absolute Gasteiger partial charge is 0.256 e. The zero-order valence-corrected chi connectivity index (χ0v) is 15.6. The minimum Gasteiger partial charge on any atom is -0.356 e. The van der Waals surface area contributed by atoms with Crippen molar-refractivity contribution in [3.63, 3.8) is 0 Å². The second-order valence-corrected chi connectivity index (χ2v) is 7.18. The van der Waals surface area contributed by atoms with E-state index in [-0.39, 0.29) is 5.91 Å². The molecule has 0 spiro atoms. The lowest BCUT2D eigenvalue weighted by molar-refractivity contribution is 0.0765. The Bertz CT molecular complexity index is 709. The van der Waals surface area contributed by atoms with E-state index in [1.54, 1.807) is 17.1 Å². The van der Waals surface area contributed by atoms with E-state index in [1.165, 1.54) is 0 Å². The van der Waals surface area contributed by atoms with Crippen LogP contribution < -0.4 is 4.90 Å². The molecule has 0 aliphatic carbocycles. The third kappa shape index (κ3) is 3.77. The number of piperidine rings is 1. The fourth-order valence-electron chi connectivity index (χ4n) is 3.16. The Kier molecular flexibility index (Phi) is 5.18. The van der Waals surface area contributed by atoms with Gasteiger partial charge < -0.3 is 9.80 Å². The standard InChI is InChI=1S/C17H22BrN5O/c1-21(17(24)14-10-20-22(2)12-14)11-13-5-8-23(9-6-13)16-15(18)4-3-7-19-16/h3-4,7,10,12-13H,5-6,8-9,11H2,1-2H3. The van der Waals surface area contributed by atoms with Crippen LogP contribution in [0.15, 0.2) is 35.2 Å². The lowest BCUT2D eigenvalue weighted by Crippen LogP contribution is -2.39. The van der Waals surface area contributed by atoms with Crippen LogP contribution in [0, 0.1) is 5.92 Å². The molecule has 6 nitrogen and oxygen atoms in total. The molecule has 1 fully saturated rings. The topological polar surface area (TPSA) is 54.3 Å². The SMILES string of the molecule is CN(CC1CCN(c2ncccc2Br)CC1)C(=O)c1cnn(C)c1. The summed E-state index contributed by atoms with van der Waals surface area (Å²) in [6.07, 6.45) is 7.34. The number of halogens is 1. The largest absolute Gasteiger partial charge is 0.356 e. The predicted molar refractivity (Wildman–Crippen MR) is 97.0 cm³/mol. The first-order valence-electron chi connectivity index (χ1n) is 8.14. The Hall–Kier alpha value is -1.89. The summed E-state index contributed by atoms with van der Waals surface area (Å²) in [6, 6.07) is 3.95. The summed E-state index contributed by atoms with van der Waals surface area (Å²) in [5.41, 5.74) is 0.648. The normalized spacial score (nSPS) is 15.5. The monoisotopic (exact) mass is 391 g/mol. The highest BCUT2D eigenvalue weighted by Crippen LogP contribution is 2.28. The summed E-state index contributed by atoms with van der Waals surface area (Å²) in [4.78, 5) is 21.0. The Morgan fingerprint density at radius 3 is 2.79 bits per heavy atom. The molecule has 128 valence electrons. The van der Waals surface area contributed by atoms with Crippen molar-refractivity contribution in [3.8, 4) is 0 Å². The number of aryl methyl sites for hydroxylation is 1.